The lowest BCUT2D eigenvalue weighted by Crippen LogP contribution is -2.19. The fourth-order valence-corrected chi connectivity index (χ4v) is 1.13. The van der Waals surface area contributed by atoms with Gasteiger partial charge in [0.15, 0.2) is 0 Å². The first-order valence-corrected chi connectivity index (χ1v) is 6.61. The van der Waals surface area contributed by atoms with E-state index in [1.165, 1.54) is 0 Å². The molecule has 0 saturated heterocycles. The van der Waals surface area contributed by atoms with E-state index in [-0.39, 0.29) is 6.10 Å². The van der Waals surface area contributed by atoms with Crippen molar-refractivity contribution >= 4 is 22.6 Å². The molecule has 2 nitrogen and oxygen atoms in total. The molecule has 0 heterocycles. The van der Waals surface area contributed by atoms with Crippen LogP contribution in [0.3, 0.4) is 0 Å². The maximum Gasteiger partial charge on any atom is 0.0916 e. The Hall–Kier alpha value is -0.130. The predicted octanol–water partition coefficient (Wildman–Crippen LogP) is 2.33. The van der Waals surface area contributed by atoms with E-state index >= 15 is 0 Å². The first kappa shape index (κ1) is 13.9. The van der Waals surface area contributed by atoms with Gasteiger partial charge in [0.05, 0.1) is 6.10 Å². The fourth-order valence-electron chi connectivity index (χ4n) is 1.13. The Bertz CT molecular complexity index is 226. The van der Waals surface area contributed by atoms with Crippen LogP contribution in [0, 0.1) is 0 Å². The summed E-state index contributed by atoms with van der Waals surface area (Å²) >= 11 is 2.15. The van der Waals surface area contributed by atoms with Crippen molar-refractivity contribution in [1.29, 1.82) is 0 Å². The van der Waals surface area contributed by atoms with Crippen LogP contribution in [0.25, 0.3) is 0 Å². The summed E-state index contributed by atoms with van der Waals surface area (Å²) in [5.41, 5.74) is 0.978. The normalized spacial score (nSPS) is 11.9. The molecule has 0 aliphatic carbocycles. The van der Waals surface area contributed by atoms with Crippen molar-refractivity contribution in [2.24, 2.45) is 0 Å². The molecular weight excluding hydrogens is 289 g/mol. The first-order valence-electron chi connectivity index (χ1n) is 4.45. The van der Waals surface area contributed by atoms with Gasteiger partial charge in [-0.15, -0.1) is 0 Å². The average Bonchev–Trinajstić information content (AvgIpc) is 2.21. The highest BCUT2D eigenvalue weighted by molar-refractivity contribution is 14.1. The number of aliphatic hydroxyl groups is 1. The summed E-state index contributed by atoms with van der Waals surface area (Å²) in [6, 6.07) is 9.70. The Balaban J connectivity index is 0.000000791. The van der Waals surface area contributed by atoms with Crippen molar-refractivity contribution in [3.05, 3.63) is 35.9 Å². The average molecular weight is 307 g/mol. The minimum Gasteiger partial charge on any atom is -0.387 e. The second-order valence-corrected chi connectivity index (χ2v) is 3.19. The van der Waals surface area contributed by atoms with Crippen molar-refractivity contribution in [2.75, 3.05) is 25.6 Å². The van der Waals surface area contributed by atoms with Crippen molar-refractivity contribution in [1.82, 2.24) is 4.90 Å². The van der Waals surface area contributed by atoms with Gasteiger partial charge in [0.25, 0.3) is 0 Å². The summed E-state index contributed by atoms with van der Waals surface area (Å²) in [7, 11) is 3.90. The molecule has 0 aliphatic heterocycles. The van der Waals surface area contributed by atoms with Crippen molar-refractivity contribution in [3.8, 4) is 0 Å². The van der Waals surface area contributed by atoms with E-state index in [2.05, 4.69) is 22.6 Å². The molecule has 1 unspecified atom stereocenters. The Morgan fingerprint density at radius 2 is 1.71 bits per heavy atom. The quantitative estimate of drug-likeness (QED) is 0.684. The monoisotopic (exact) mass is 307 g/mol. The molecular formula is C11H18INO. The van der Waals surface area contributed by atoms with Gasteiger partial charge in [-0.2, -0.15) is 0 Å². The Kier molecular flexibility index (Phi) is 8.12. The molecule has 1 N–H and O–H groups in total. The summed E-state index contributed by atoms with van der Waals surface area (Å²) in [6.07, 6.45) is -0.374. The summed E-state index contributed by atoms with van der Waals surface area (Å²) < 4.78 is 0. The zero-order valence-corrected chi connectivity index (χ0v) is 11.1. The van der Waals surface area contributed by atoms with Gasteiger partial charge in [0, 0.05) is 6.54 Å². The van der Waals surface area contributed by atoms with Crippen LogP contribution in [-0.2, 0) is 0 Å². The number of alkyl halides is 1. The third-order valence-electron chi connectivity index (χ3n) is 1.72. The largest absolute Gasteiger partial charge is 0.387 e. The zero-order valence-electron chi connectivity index (χ0n) is 8.94. The maximum atomic E-state index is 9.65. The molecule has 0 bridgehead atoms. The molecule has 0 aromatic heterocycles. The van der Waals surface area contributed by atoms with E-state index in [0.29, 0.717) is 6.54 Å². The fraction of sp³-hybridized carbons (Fsp3) is 0.455. The van der Waals surface area contributed by atoms with Gasteiger partial charge in [0.2, 0.25) is 0 Å². The second-order valence-electron chi connectivity index (χ2n) is 3.19. The third kappa shape index (κ3) is 5.57. The van der Waals surface area contributed by atoms with Crippen LogP contribution in [0.1, 0.15) is 11.7 Å². The molecule has 0 amide bonds. The van der Waals surface area contributed by atoms with Gasteiger partial charge in [-0.25, -0.2) is 0 Å². The van der Waals surface area contributed by atoms with Crippen LogP contribution in [-0.4, -0.2) is 35.6 Å². The molecule has 0 saturated carbocycles. The highest BCUT2D eigenvalue weighted by Crippen LogP contribution is 2.11. The summed E-state index contributed by atoms with van der Waals surface area (Å²) in [4.78, 5) is 3.94. The van der Waals surface area contributed by atoms with Crippen molar-refractivity contribution in [3.63, 3.8) is 0 Å². The molecule has 14 heavy (non-hydrogen) atoms. The molecule has 80 valence electrons. The van der Waals surface area contributed by atoms with E-state index in [9.17, 15) is 5.11 Å². The molecule has 3 heteroatoms. The zero-order chi connectivity index (χ0) is 11.0. The summed E-state index contributed by atoms with van der Waals surface area (Å²) in [5, 5.41) is 9.65. The molecule has 0 radical (unpaired) electrons. The second kappa shape index (κ2) is 8.20. The third-order valence-corrected chi connectivity index (χ3v) is 1.72. The minimum atomic E-state index is -0.374. The minimum absolute atomic E-state index is 0.374. The molecule has 1 aromatic carbocycles. The molecule has 0 spiro atoms. The van der Waals surface area contributed by atoms with E-state index in [1.807, 2.05) is 54.3 Å². The predicted molar refractivity (Wildman–Crippen MR) is 69.9 cm³/mol. The first-order chi connectivity index (χ1) is 6.70. The van der Waals surface area contributed by atoms with Crippen LogP contribution >= 0.6 is 22.6 Å². The SMILES string of the molecule is CI.CN(C)CC(O)c1ccccc1. The van der Waals surface area contributed by atoms with E-state index in [4.69, 9.17) is 0 Å². The van der Waals surface area contributed by atoms with Crippen LogP contribution in [0.2, 0.25) is 0 Å². The number of likely N-dealkylation sites (N-methyl/N-ethyl adjacent to an activating group) is 1. The smallest absolute Gasteiger partial charge is 0.0916 e. The van der Waals surface area contributed by atoms with Crippen LogP contribution in [0.4, 0.5) is 0 Å². The topological polar surface area (TPSA) is 23.5 Å². The van der Waals surface area contributed by atoms with E-state index in [0.717, 1.165) is 5.56 Å². The van der Waals surface area contributed by atoms with E-state index in [1.54, 1.807) is 0 Å². The maximum absolute atomic E-state index is 9.65. The van der Waals surface area contributed by atoms with Gasteiger partial charge >= 0.3 is 0 Å². The lowest BCUT2D eigenvalue weighted by atomic mass is 10.1. The standard InChI is InChI=1S/C10H15NO.CH3I/c1-11(2)8-10(12)9-6-4-3-5-7-9;1-2/h3-7,10,12H,8H2,1-2H3;1H3. The molecule has 1 rings (SSSR count). The van der Waals surface area contributed by atoms with Gasteiger partial charge in [-0.3, -0.25) is 0 Å². The number of halogens is 1. The highest BCUT2D eigenvalue weighted by atomic mass is 127. The van der Waals surface area contributed by atoms with Crippen LogP contribution < -0.4 is 0 Å². The van der Waals surface area contributed by atoms with Gasteiger partial charge in [-0.1, -0.05) is 52.9 Å². The Morgan fingerprint density at radius 1 is 1.21 bits per heavy atom. The molecule has 0 fully saturated rings. The van der Waals surface area contributed by atoms with Crippen LogP contribution in [0.5, 0.6) is 0 Å². The Morgan fingerprint density at radius 3 is 2.14 bits per heavy atom. The van der Waals surface area contributed by atoms with Crippen molar-refractivity contribution in [2.45, 2.75) is 6.10 Å². The number of benzene rings is 1. The van der Waals surface area contributed by atoms with Gasteiger partial charge in [0.1, 0.15) is 0 Å². The number of hydrogen-bond acceptors (Lipinski definition) is 2. The van der Waals surface area contributed by atoms with Crippen molar-refractivity contribution < 1.29 is 5.11 Å². The lowest BCUT2D eigenvalue weighted by molar-refractivity contribution is 0.138. The molecule has 0 aliphatic rings. The Labute approximate surface area is 100 Å². The molecule has 1 aromatic rings. The summed E-state index contributed by atoms with van der Waals surface area (Å²) in [5.74, 6) is 0. The lowest BCUT2D eigenvalue weighted by Gasteiger charge is -2.15. The number of rotatable bonds is 3. The van der Waals surface area contributed by atoms with Crippen LogP contribution in [0.15, 0.2) is 30.3 Å². The van der Waals surface area contributed by atoms with Gasteiger partial charge in [-0.05, 0) is 24.6 Å². The highest BCUT2D eigenvalue weighted by Gasteiger charge is 2.06. The number of nitrogens with zero attached hydrogens (tertiary/aromatic N) is 1. The summed E-state index contributed by atoms with van der Waals surface area (Å²) in [6.45, 7) is 0.671. The number of aliphatic hydroxyl groups excluding tert-OH is 1. The molecule has 1 atom stereocenters. The van der Waals surface area contributed by atoms with Gasteiger partial charge < -0.3 is 10.0 Å². The van der Waals surface area contributed by atoms with E-state index < -0.39 is 0 Å². The number of hydrogen-bond donors (Lipinski definition) is 1.